The Morgan fingerprint density at radius 3 is 2.27 bits per heavy atom. The highest BCUT2D eigenvalue weighted by Crippen LogP contribution is 2.37. The summed E-state index contributed by atoms with van der Waals surface area (Å²) in [5.74, 6) is 0. The molecule has 0 saturated carbocycles. The van der Waals surface area contributed by atoms with Crippen LogP contribution in [0.5, 0.6) is 0 Å². The molecule has 0 unspecified atom stereocenters. The van der Waals surface area contributed by atoms with E-state index in [0.29, 0.717) is 12.6 Å². The van der Waals surface area contributed by atoms with Gasteiger partial charge in [0.05, 0.1) is 24.4 Å². The van der Waals surface area contributed by atoms with Gasteiger partial charge in [-0.1, -0.05) is 93.9 Å². The van der Waals surface area contributed by atoms with Crippen LogP contribution in [0.3, 0.4) is 0 Å². The average molecular weight is 516 g/mol. The van der Waals surface area contributed by atoms with Gasteiger partial charge in [0.15, 0.2) is 8.32 Å². The second-order valence-electron chi connectivity index (χ2n) is 12.0. The molecule has 5 heteroatoms. The number of benzene rings is 2. The van der Waals surface area contributed by atoms with Crippen LogP contribution < -0.4 is 10.6 Å². The highest BCUT2D eigenvalue weighted by atomic mass is 28.4. The zero-order valence-electron chi connectivity index (χ0n) is 23.3. The molecule has 3 aromatic rings. The first-order valence-electron chi connectivity index (χ1n) is 13.9. The van der Waals surface area contributed by atoms with Crippen molar-refractivity contribution in [2.45, 2.75) is 88.8 Å². The first-order chi connectivity index (χ1) is 17.7. The van der Waals surface area contributed by atoms with Gasteiger partial charge >= 0.3 is 0 Å². The van der Waals surface area contributed by atoms with E-state index in [1.165, 1.54) is 17.5 Å². The van der Waals surface area contributed by atoms with Crippen LogP contribution in [0.4, 0.5) is 0 Å². The quantitative estimate of drug-likeness (QED) is 0.295. The first kappa shape index (κ1) is 27.7. The minimum absolute atomic E-state index is 0.124. The molecule has 198 valence electrons. The molecule has 0 radical (unpaired) electrons. The van der Waals surface area contributed by atoms with Gasteiger partial charge in [-0.25, -0.2) is 0 Å². The molecule has 37 heavy (non-hydrogen) atoms. The maximum absolute atomic E-state index is 6.76. The van der Waals surface area contributed by atoms with Gasteiger partial charge in [-0.05, 0) is 60.7 Å². The Bertz CT molecular complexity index is 1070. The molecule has 4 atom stereocenters. The lowest BCUT2D eigenvalue weighted by atomic mass is 9.98. The van der Waals surface area contributed by atoms with Crippen molar-refractivity contribution < 1.29 is 4.43 Å². The topological polar surface area (TPSA) is 46.2 Å². The van der Waals surface area contributed by atoms with E-state index < -0.39 is 8.32 Å². The second kappa shape index (κ2) is 12.5. The smallest absolute Gasteiger partial charge is 0.192 e. The van der Waals surface area contributed by atoms with Crippen LogP contribution in [0.25, 0.3) is 0 Å². The molecule has 2 N–H and O–H groups in total. The van der Waals surface area contributed by atoms with Gasteiger partial charge in [-0.15, -0.1) is 0 Å². The number of hydrogen-bond acceptors (Lipinski definition) is 4. The Morgan fingerprint density at radius 2 is 1.62 bits per heavy atom. The average Bonchev–Trinajstić information content (AvgIpc) is 3.09. The van der Waals surface area contributed by atoms with Crippen molar-refractivity contribution in [2.75, 3.05) is 6.61 Å². The normalized spacial score (nSPS) is 21.8. The van der Waals surface area contributed by atoms with Crippen LogP contribution in [0, 0.1) is 0 Å². The fraction of sp³-hybridized carbons (Fsp3) is 0.469. The molecule has 2 aromatic carbocycles. The van der Waals surface area contributed by atoms with E-state index >= 15 is 0 Å². The summed E-state index contributed by atoms with van der Waals surface area (Å²) in [6.45, 7) is 12.3. The largest absolute Gasteiger partial charge is 0.415 e. The van der Waals surface area contributed by atoms with E-state index in [4.69, 9.17) is 9.41 Å². The lowest BCUT2D eigenvalue weighted by Gasteiger charge is -2.38. The van der Waals surface area contributed by atoms with Gasteiger partial charge in [-0.2, -0.15) is 0 Å². The molecule has 0 amide bonds. The van der Waals surface area contributed by atoms with Gasteiger partial charge in [0, 0.05) is 18.3 Å². The van der Waals surface area contributed by atoms with Gasteiger partial charge in [-0.3, -0.25) is 4.98 Å². The number of nitrogens with zero attached hydrogens (tertiary/aromatic N) is 1. The van der Waals surface area contributed by atoms with E-state index in [1.54, 1.807) is 0 Å². The highest BCUT2D eigenvalue weighted by molar-refractivity contribution is 6.74. The fourth-order valence-corrected chi connectivity index (χ4v) is 6.00. The molecular weight excluding hydrogens is 470 g/mol. The summed E-state index contributed by atoms with van der Waals surface area (Å²) in [7, 11) is -1.88. The SMILES string of the molecule is CC(C)(C)[Si](C)(C)OC[C@H](N[C@H]1CCC[C@@H](Cc2ccccc2)N[C@H]1c1ccccn1)c1ccccc1. The van der Waals surface area contributed by atoms with Crippen molar-refractivity contribution in [3.05, 3.63) is 102 Å². The molecular formula is C32H45N3OSi. The summed E-state index contributed by atoms with van der Waals surface area (Å²) in [6, 6.07) is 28.9. The van der Waals surface area contributed by atoms with Crippen molar-refractivity contribution in [3.63, 3.8) is 0 Å². The number of nitrogens with one attached hydrogen (secondary N) is 2. The van der Waals surface area contributed by atoms with E-state index in [1.807, 2.05) is 12.3 Å². The third-order valence-corrected chi connectivity index (χ3v) is 12.8. The Morgan fingerprint density at radius 1 is 0.946 bits per heavy atom. The Balaban J connectivity index is 1.57. The molecule has 4 nitrogen and oxygen atoms in total. The van der Waals surface area contributed by atoms with Crippen molar-refractivity contribution >= 4 is 8.32 Å². The summed E-state index contributed by atoms with van der Waals surface area (Å²) in [4.78, 5) is 4.81. The minimum Gasteiger partial charge on any atom is -0.415 e. The van der Waals surface area contributed by atoms with Crippen molar-refractivity contribution in [1.82, 2.24) is 15.6 Å². The van der Waals surface area contributed by atoms with Gasteiger partial charge < -0.3 is 15.1 Å². The Labute approximate surface area is 225 Å². The predicted octanol–water partition coefficient (Wildman–Crippen LogP) is 7.23. The molecule has 1 saturated heterocycles. The molecule has 1 aliphatic heterocycles. The number of rotatable bonds is 9. The van der Waals surface area contributed by atoms with Crippen molar-refractivity contribution in [1.29, 1.82) is 0 Å². The van der Waals surface area contributed by atoms with E-state index in [-0.39, 0.29) is 23.2 Å². The molecule has 1 aliphatic rings. The highest BCUT2D eigenvalue weighted by Gasteiger charge is 2.38. The van der Waals surface area contributed by atoms with E-state index in [0.717, 1.165) is 25.0 Å². The van der Waals surface area contributed by atoms with Crippen LogP contribution in [0.15, 0.2) is 85.1 Å². The zero-order chi connectivity index (χ0) is 26.3. The molecule has 1 aromatic heterocycles. The Kier molecular flexibility index (Phi) is 9.35. The Hall–Kier alpha value is -2.31. The van der Waals surface area contributed by atoms with Gasteiger partial charge in [0.25, 0.3) is 0 Å². The third-order valence-electron chi connectivity index (χ3n) is 8.25. The summed E-state index contributed by atoms with van der Waals surface area (Å²) in [5, 5.41) is 8.27. The maximum atomic E-state index is 6.76. The third kappa shape index (κ3) is 7.61. The van der Waals surface area contributed by atoms with Crippen LogP contribution in [-0.2, 0) is 10.8 Å². The summed E-state index contributed by atoms with van der Waals surface area (Å²) < 4.78 is 6.76. The predicted molar refractivity (Wildman–Crippen MR) is 157 cm³/mol. The van der Waals surface area contributed by atoms with E-state index in [9.17, 15) is 0 Å². The summed E-state index contributed by atoms with van der Waals surface area (Å²) in [6.07, 6.45) is 6.39. The molecule has 0 spiro atoms. The maximum Gasteiger partial charge on any atom is 0.192 e. The molecule has 0 bridgehead atoms. The van der Waals surface area contributed by atoms with Crippen LogP contribution in [0.1, 0.15) is 68.9 Å². The number of aromatic nitrogens is 1. The van der Waals surface area contributed by atoms with Crippen LogP contribution in [0.2, 0.25) is 18.1 Å². The summed E-state index contributed by atoms with van der Waals surface area (Å²) >= 11 is 0. The van der Waals surface area contributed by atoms with Gasteiger partial charge in [0.2, 0.25) is 0 Å². The van der Waals surface area contributed by atoms with Gasteiger partial charge in [0.1, 0.15) is 0 Å². The minimum atomic E-state index is -1.88. The monoisotopic (exact) mass is 515 g/mol. The number of pyridine rings is 1. The van der Waals surface area contributed by atoms with Crippen LogP contribution in [-0.4, -0.2) is 32.0 Å². The number of hydrogen-bond donors (Lipinski definition) is 2. The zero-order valence-corrected chi connectivity index (χ0v) is 24.3. The van der Waals surface area contributed by atoms with Crippen LogP contribution >= 0.6 is 0 Å². The summed E-state index contributed by atoms with van der Waals surface area (Å²) in [5.41, 5.74) is 3.78. The lowest BCUT2D eigenvalue weighted by molar-refractivity contribution is 0.219. The van der Waals surface area contributed by atoms with Crippen molar-refractivity contribution in [2.24, 2.45) is 0 Å². The second-order valence-corrected chi connectivity index (χ2v) is 16.8. The standard InChI is InChI=1S/C32H45N3OSi/c1-32(2,3)37(4,5)36-24-30(26-17-10-7-11-18-26)35-29-21-14-19-27(23-25-15-8-6-9-16-25)34-31(29)28-20-12-13-22-33-28/h6-13,15-18,20,22,27,29-31,34-35H,14,19,21,23-24H2,1-5H3/t27-,29-,30-,31-/m0/s1. The molecule has 0 aliphatic carbocycles. The van der Waals surface area contributed by atoms with E-state index in [2.05, 4.69) is 117 Å². The molecule has 1 fully saturated rings. The fourth-order valence-electron chi connectivity index (χ4n) is 4.99. The lowest BCUT2D eigenvalue weighted by Crippen LogP contribution is -2.48. The molecule has 2 heterocycles. The van der Waals surface area contributed by atoms with Crippen molar-refractivity contribution in [3.8, 4) is 0 Å². The first-order valence-corrected chi connectivity index (χ1v) is 16.8. The molecule has 4 rings (SSSR count).